The first-order valence-electron chi connectivity index (χ1n) is 7.52. The van der Waals surface area contributed by atoms with Gasteiger partial charge in [-0.15, -0.1) is 0 Å². The number of benzene rings is 1. The number of hydrogen-bond acceptors (Lipinski definition) is 4. The Morgan fingerprint density at radius 3 is 2.57 bits per heavy atom. The number of aliphatic carboxylic acids is 1. The van der Waals surface area contributed by atoms with Gasteiger partial charge in [-0.3, -0.25) is 4.79 Å². The molecule has 0 saturated heterocycles. The van der Waals surface area contributed by atoms with E-state index < -0.39 is 5.97 Å². The van der Waals surface area contributed by atoms with Gasteiger partial charge in [0.2, 0.25) is 0 Å². The van der Waals surface area contributed by atoms with Crippen LogP contribution < -0.4 is 14.8 Å². The van der Waals surface area contributed by atoms with Crippen molar-refractivity contribution in [3.05, 3.63) is 18.2 Å². The minimum Gasteiger partial charge on any atom is -0.494 e. The van der Waals surface area contributed by atoms with Crippen LogP contribution >= 0.6 is 0 Å². The molecule has 0 unspecified atom stereocenters. The Hall–Kier alpha value is -1.91. The molecule has 0 bridgehead atoms. The first-order valence-corrected chi connectivity index (χ1v) is 7.52. The molecule has 0 saturated carbocycles. The molecule has 0 spiro atoms. The van der Waals surface area contributed by atoms with E-state index in [1.165, 1.54) is 0 Å². The number of unbranched alkanes of at least 4 members (excludes halogenated alkanes) is 2. The third-order valence-corrected chi connectivity index (χ3v) is 2.94. The zero-order valence-electron chi connectivity index (χ0n) is 12.9. The number of carboxylic acids is 1. The lowest BCUT2D eigenvalue weighted by Crippen LogP contribution is -2.05. The van der Waals surface area contributed by atoms with E-state index in [-0.39, 0.29) is 6.42 Å². The van der Waals surface area contributed by atoms with E-state index in [4.69, 9.17) is 14.6 Å². The Bertz CT molecular complexity index is 434. The van der Waals surface area contributed by atoms with Crippen molar-refractivity contribution in [1.82, 2.24) is 0 Å². The van der Waals surface area contributed by atoms with Gasteiger partial charge in [0.05, 0.1) is 18.9 Å². The standard InChI is InChI=1S/C16H25NO4/c1-3-20-13-9-10-15(21-4-2)14(12-13)17-11-7-5-6-8-16(18)19/h9-10,12,17H,3-8,11H2,1-2H3,(H,18,19). The Morgan fingerprint density at radius 2 is 1.90 bits per heavy atom. The highest BCUT2D eigenvalue weighted by atomic mass is 16.5. The van der Waals surface area contributed by atoms with E-state index in [1.54, 1.807) is 0 Å². The SMILES string of the molecule is CCOc1ccc(OCC)c(NCCCCCC(=O)O)c1. The highest BCUT2D eigenvalue weighted by Crippen LogP contribution is 2.29. The molecule has 0 aromatic heterocycles. The largest absolute Gasteiger partial charge is 0.494 e. The lowest BCUT2D eigenvalue weighted by molar-refractivity contribution is -0.137. The zero-order valence-corrected chi connectivity index (χ0v) is 12.9. The van der Waals surface area contributed by atoms with Crippen molar-refractivity contribution in [2.24, 2.45) is 0 Å². The minimum atomic E-state index is -0.731. The van der Waals surface area contributed by atoms with Gasteiger partial charge in [0, 0.05) is 19.0 Å². The van der Waals surface area contributed by atoms with Gasteiger partial charge < -0.3 is 19.9 Å². The van der Waals surface area contributed by atoms with E-state index in [2.05, 4.69) is 5.32 Å². The van der Waals surface area contributed by atoms with Crippen molar-refractivity contribution in [3.63, 3.8) is 0 Å². The Labute approximate surface area is 126 Å². The lowest BCUT2D eigenvalue weighted by Gasteiger charge is -2.14. The van der Waals surface area contributed by atoms with Gasteiger partial charge in [0.1, 0.15) is 11.5 Å². The predicted octanol–water partition coefficient (Wildman–Crippen LogP) is 3.54. The van der Waals surface area contributed by atoms with Gasteiger partial charge in [-0.25, -0.2) is 0 Å². The zero-order chi connectivity index (χ0) is 15.5. The second-order valence-corrected chi connectivity index (χ2v) is 4.66. The molecule has 118 valence electrons. The number of nitrogens with one attached hydrogen (secondary N) is 1. The van der Waals surface area contributed by atoms with Crippen LogP contribution in [0.15, 0.2) is 18.2 Å². The number of anilines is 1. The molecular weight excluding hydrogens is 270 g/mol. The van der Waals surface area contributed by atoms with Crippen LogP contribution in [0.25, 0.3) is 0 Å². The molecule has 1 aromatic rings. The first-order chi connectivity index (χ1) is 10.2. The van der Waals surface area contributed by atoms with Gasteiger partial charge in [0.25, 0.3) is 0 Å². The Balaban J connectivity index is 2.46. The van der Waals surface area contributed by atoms with Crippen molar-refractivity contribution in [2.45, 2.75) is 39.5 Å². The molecular formula is C16H25NO4. The fourth-order valence-corrected chi connectivity index (χ4v) is 1.99. The number of carbonyl (C=O) groups is 1. The highest BCUT2D eigenvalue weighted by molar-refractivity contribution is 5.66. The van der Waals surface area contributed by atoms with E-state index >= 15 is 0 Å². The van der Waals surface area contributed by atoms with Crippen molar-refractivity contribution >= 4 is 11.7 Å². The van der Waals surface area contributed by atoms with E-state index in [0.717, 1.165) is 36.6 Å². The second-order valence-electron chi connectivity index (χ2n) is 4.66. The molecule has 0 aliphatic rings. The molecule has 0 atom stereocenters. The average Bonchev–Trinajstić information content (AvgIpc) is 2.45. The number of rotatable bonds is 11. The van der Waals surface area contributed by atoms with Crippen LogP contribution in [0.5, 0.6) is 11.5 Å². The summed E-state index contributed by atoms with van der Waals surface area (Å²) in [7, 11) is 0. The van der Waals surface area contributed by atoms with Crippen molar-refractivity contribution < 1.29 is 19.4 Å². The molecule has 0 amide bonds. The maximum Gasteiger partial charge on any atom is 0.303 e. The normalized spacial score (nSPS) is 10.2. The molecule has 5 heteroatoms. The molecule has 2 N–H and O–H groups in total. The molecule has 1 aromatic carbocycles. The Kier molecular flexibility index (Phi) is 8.09. The van der Waals surface area contributed by atoms with Crippen molar-refractivity contribution in [2.75, 3.05) is 25.1 Å². The van der Waals surface area contributed by atoms with E-state index in [0.29, 0.717) is 19.6 Å². The quantitative estimate of drug-likeness (QED) is 0.611. The summed E-state index contributed by atoms with van der Waals surface area (Å²) in [5, 5.41) is 11.9. The van der Waals surface area contributed by atoms with E-state index in [9.17, 15) is 4.79 Å². The summed E-state index contributed by atoms with van der Waals surface area (Å²) in [4.78, 5) is 10.4. The smallest absolute Gasteiger partial charge is 0.303 e. The van der Waals surface area contributed by atoms with Crippen LogP contribution in [0.4, 0.5) is 5.69 Å². The van der Waals surface area contributed by atoms with Crippen LogP contribution in [0, 0.1) is 0 Å². The van der Waals surface area contributed by atoms with Crippen LogP contribution in [-0.4, -0.2) is 30.8 Å². The number of ether oxygens (including phenoxy) is 2. The molecule has 0 aliphatic carbocycles. The monoisotopic (exact) mass is 295 g/mol. The predicted molar refractivity (Wildman–Crippen MR) is 83.4 cm³/mol. The fourth-order valence-electron chi connectivity index (χ4n) is 1.99. The summed E-state index contributed by atoms with van der Waals surface area (Å²) in [5.41, 5.74) is 0.918. The third kappa shape index (κ3) is 6.88. The fraction of sp³-hybridized carbons (Fsp3) is 0.562. The van der Waals surface area contributed by atoms with Crippen LogP contribution in [0.3, 0.4) is 0 Å². The van der Waals surface area contributed by atoms with Gasteiger partial charge >= 0.3 is 5.97 Å². The Morgan fingerprint density at radius 1 is 1.14 bits per heavy atom. The molecule has 0 aliphatic heterocycles. The molecule has 0 fully saturated rings. The van der Waals surface area contributed by atoms with E-state index in [1.807, 2.05) is 32.0 Å². The summed E-state index contributed by atoms with van der Waals surface area (Å²) >= 11 is 0. The molecule has 0 heterocycles. The summed E-state index contributed by atoms with van der Waals surface area (Å²) in [6.45, 7) is 5.93. The highest BCUT2D eigenvalue weighted by Gasteiger charge is 2.05. The summed E-state index contributed by atoms with van der Waals surface area (Å²) in [6.07, 6.45) is 2.78. The molecule has 0 radical (unpaired) electrons. The van der Waals surface area contributed by atoms with Crippen LogP contribution in [0.2, 0.25) is 0 Å². The maximum absolute atomic E-state index is 10.4. The van der Waals surface area contributed by atoms with Gasteiger partial charge in [-0.1, -0.05) is 6.42 Å². The van der Waals surface area contributed by atoms with Gasteiger partial charge in [-0.2, -0.15) is 0 Å². The summed E-state index contributed by atoms with van der Waals surface area (Å²) < 4.78 is 11.1. The van der Waals surface area contributed by atoms with Crippen LogP contribution in [0.1, 0.15) is 39.5 Å². The minimum absolute atomic E-state index is 0.240. The molecule has 5 nitrogen and oxygen atoms in total. The summed E-state index contributed by atoms with van der Waals surface area (Å²) in [5.74, 6) is 0.895. The van der Waals surface area contributed by atoms with Crippen molar-refractivity contribution in [1.29, 1.82) is 0 Å². The topological polar surface area (TPSA) is 67.8 Å². The summed E-state index contributed by atoms with van der Waals surface area (Å²) in [6, 6.07) is 5.74. The second kappa shape index (κ2) is 9.91. The number of carboxylic acid groups (broad SMARTS) is 1. The van der Waals surface area contributed by atoms with Gasteiger partial charge in [-0.05, 0) is 38.8 Å². The first kappa shape index (κ1) is 17.1. The molecule has 1 rings (SSSR count). The lowest BCUT2D eigenvalue weighted by atomic mass is 10.2. The molecule has 21 heavy (non-hydrogen) atoms. The van der Waals surface area contributed by atoms with Crippen LogP contribution in [-0.2, 0) is 4.79 Å². The van der Waals surface area contributed by atoms with Gasteiger partial charge in [0.15, 0.2) is 0 Å². The maximum atomic E-state index is 10.4. The van der Waals surface area contributed by atoms with Crippen molar-refractivity contribution in [3.8, 4) is 11.5 Å². The number of hydrogen-bond donors (Lipinski definition) is 2. The third-order valence-electron chi connectivity index (χ3n) is 2.94. The average molecular weight is 295 g/mol.